The second kappa shape index (κ2) is 4.89. The fourth-order valence-electron chi connectivity index (χ4n) is 1.53. The Labute approximate surface area is 106 Å². The summed E-state index contributed by atoms with van der Waals surface area (Å²) in [5, 5.41) is 15.4. The van der Waals surface area contributed by atoms with Crippen LogP contribution in [-0.4, -0.2) is 20.2 Å². The molecule has 2 aromatic rings. The van der Waals surface area contributed by atoms with Gasteiger partial charge in [-0.2, -0.15) is 0 Å². The molecule has 98 valence electrons. The highest BCUT2D eigenvalue weighted by molar-refractivity contribution is 5.03. The van der Waals surface area contributed by atoms with Gasteiger partial charge in [-0.1, -0.05) is 10.4 Å². The van der Waals surface area contributed by atoms with Crippen molar-refractivity contribution in [1.29, 1.82) is 0 Å². The molecule has 2 aromatic heterocycles. The van der Waals surface area contributed by atoms with Gasteiger partial charge in [0.05, 0.1) is 23.1 Å². The normalized spacial score (nSPS) is 12.0. The highest BCUT2D eigenvalue weighted by Gasteiger charge is 2.14. The number of rotatable bonds is 4. The van der Waals surface area contributed by atoms with Crippen LogP contribution in [0.3, 0.4) is 0 Å². The predicted octanol–water partition coefficient (Wildman–Crippen LogP) is 1.62. The molecule has 6 heteroatoms. The number of hydrogen-bond donors (Lipinski definition) is 1. The lowest BCUT2D eigenvalue weighted by atomic mass is 10.1. The quantitative estimate of drug-likeness (QED) is 0.891. The van der Waals surface area contributed by atoms with E-state index >= 15 is 0 Å². The van der Waals surface area contributed by atoms with Gasteiger partial charge in [-0.15, -0.1) is 5.10 Å². The summed E-state index contributed by atoms with van der Waals surface area (Å²) in [4.78, 5) is 0. The van der Waals surface area contributed by atoms with Crippen molar-refractivity contribution in [2.45, 2.75) is 46.3 Å². The number of nitrogens with zero attached hydrogens (tertiary/aromatic N) is 4. The van der Waals surface area contributed by atoms with Crippen LogP contribution in [0.15, 0.2) is 16.8 Å². The second-order valence-corrected chi connectivity index (χ2v) is 5.36. The Hall–Kier alpha value is -1.69. The third kappa shape index (κ3) is 3.16. The van der Waals surface area contributed by atoms with Gasteiger partial charge in [-0.25, -0.2) is 4.68 Å². The molecule has 0 aliphatic rings. The van der Waals surface area contributed by atoms with E-state index in [-0.39, 0.29) is 5.54 Å². The first-order valence-electron chi connectivity index (χ1n) is 6.00. The molecule has 2 rings (SSSR count). The molecule has 0 aliphatic heterocycles. The Balaban J connectivity index is 1.85. The van der Waals surface area contributed by atoms with E-state index in [1.165, 1.54) is 0 Å². The molecule has 0 aromatic carbocycles. The molecule has 18 heavy (non-hydrogen) atoms. The summed E-state index contributed by atoms with van der Waals surface area (Å²) in [5.41, 5.74) is 1.79. The van der Waals surface area contributed by atoms with Crippen LogP contribution in [0.5, 0.6) is 0 Å². The molecule has 0 saturated heterocycles. The van der Waals surface area contributed by atoms with Crippen molar-refractivity contribution < 1.29 is 4.52 Å². The fourth-order valence-corrected chi connectivity index (χ4v) is 1.53. The molecule has 0 unspecified atom stereocenters. The molecule has 0 bridgehead atoms. The van der Waals surface area contributed by atoms with Crippen molar-refractivity contribution >= 4 is 0 Å². The smallest absolute Gasteiger partial charge is 0.133 e. The highest BCUT2D eigenvalue weighted by atomic mass is 16.5. The van der Waals surface area contributed by atoms with Crippen molar-refractivity contribution in [3.8, 4) is 0 Å². The maximum absolute atomic E-state index is 4.99. The monoisotopic (exact) mass is 249 g/mol. The first-order chi connectivity index (χ1) is 8.45. The molecule has 6 nitrogen and oxygen atoms in total. The lowest BCUT2D eigenvalue weighted by molar-refractivity contribution is 0.347. The van der Waals surface area contributed by atoms with Crippen molar-refractivity contribution in [3.63, 3.8) is 0 Å². The van der Waals surface area contributed by atoms with E-state index in [2.05, 4.69) is 41.6 Å². The van der Waals surface area contributed by atoms with Crippen LogP contribution in [0.1, 0.15) is 37.9 Å². The van der Waals surface area contributed by atoms with E-state index < -0.39 is 0 Å². The summed E-state index contributed by atoms with van der Waals surface area (Å²) in [6.07, 6.45) is 1.96. The molecule has 2 heterocycles. The topological polar surface area (TPSA) is 68.8 Å². The van der Waals surface area contributed by atoms with E-state index in [9.17, 15) is 0 Å². The first kappa shape index (κ1) is 12.8. The zero-order chi connectivity index (χ0) is 13.2. The molecule has 0 aliphatic carbocycles. The van der Waals surface area contributed by atoms with Crippen molar-refractivity contribution in [3.05, 3.63) is 29.4 Å². The average Bonchev–Trinajstić information content (AvgIpc) is 2.87. The largest absolute Gasteiger partial charge is 0.361 e. The van der Waals surface area contributed by atoms with E-state index in [4.69, 9.17) is 4.52 Å². The fraction of sp³-hybridized carbons (Fsp3) is 0.583. The summed E-state index contributed by atoms with van der Waals surface area (Å²) < 4.78 is 6.86. The van der Waals surface area contributed by atoms with E-state index in [1.807, 2.05) is 23.9 Å². The molecule has 0 atom stereocenters. The predicted molar refractivity (Wildman–Crippen MR) is 66.8 cm³/mol. The Morgan fingerprint density at radius 1 is 1.28 bits per heavy atom. The van der Waals surface area contributed by atoms with E-state index in [1.54, 1.807) is 0 Å². The molecule has 1 N–H and O–H groups in total. The number of aromatic nitrogens is 4. The second-order valence-electron chi connectivity index (χ2n) is 5.36. The maximum atomic E-state index is 4.99. The van der Waals surface area contributed by atoms with Gasteiger partial charge in [-0.05, 0) is 27.7 Å². The van der Waals surface area contributed by atoms with Crippen LogP contribution in [0, 0.1) is 6.92 Å². The van der Waals surface area contributed by atoms with E-state index in [0.717, 1.165) is 17.1 Å². The van der Waals surface area contributed by atoms with E-state index in [0.29, 0.717) is 13.1 Å². The summed E-state index contributed by atoms with van der Waals surface area (Å²) in [5.74, 6) is 0.825. The Kier molecular flexibility index (Phi) is 3.47. The summed E-state index contributed by atoms with van der Waals surface area (Å²) in [6, 6.07) is 1.92. The van der Waals surface area contributed by atoms with Crippen LogP contribution in [0.4, 0.5) is 0 Å². The minimum absolute atomic E-state index is 0.0333. The first-order valence-corrected chi connectivity index (χ1v) is 6.00. The molecule has 0 amide bonds. The van der Waals surface area contributed by atoms with Crippen LogP contribution in [-0.2, 0) is 18.6 Å². The maximum Gasteiger partial charge on any atom is 0.133 e. The highest BCUT2D eigenvalue weighted by Crippen LogP contribution is 2.11. The lowest BCUT2D eigenvalue weighted by Crippen LogP contribution is -2.22. The summed E-state index contributed by atoms with van der Waals surface area (Å²) in [6.45, 7) is 9.50. The standard InChI is InChI=1S/C12H19N5O/c1-9-5-10(15-18-9)6-13-7-11-8-17(16-14-11)12(2,3)4/h5,8,13H,6-7H2,1-4H3. The summed E-state index contributed by atoms with van der Waals surface area (Å²) >= 11 is 0. The molecule has 0 saturated carbocycles. The van der Waals surface area contributed by atoms with Gasteiger partial charge in [0, 0.05) is 19.2 Å². The minimum atomic E-state index is -0.0333. The summed E-state index contributed by atoms with van der Waals surface area (Å²) in [7, 11) is 0. The van der Waals surface area contributed by atoms with Gasteiger partial charge in [0.15, 0.2) is 0 Å². The molecular weight excluding hydrogens is 230 g/mol. The van der Waals surface area contributed by atoms with Gasteiger partial charge < -0.3 is 9.84 Å². The van der Waals surface area contributed by atoms with Gasteiger partial charge in [-0.3, -0.25) is 0 Å². The van der Waals surface area contributed by atoms with Gasteiger partial charge >= 0.3 is 0 Å². The average molecular weight is 249 g/mol. The Bertz CT molecular complexity index is 509. The van der Waals surface area contributed by atoms with Crippen molar-refractivity contribution in [2.24, 2.45) is 0 Å². The minimum Gasteiger partial charge on any atom is -0.361 e. The van der Waals surface area contributed by atoms with Crippen molar-refractivity contribution in [2.75, 3.05) is 0 Å². The molecule has 0 radical (unpaired) electrons. The third-order valence-corrected chi connectivity index (χ3v) is 2.52. The van der Waals surface area contributed by atoms with Crippen LogP contribution in [0.25, 0.3) is 0 Å². The van der Waals surface area contributed by atoms with Gasteiger partial charge in [0.2, 0.25) is 0 Å². The molecule has 0 fully saturated rings. The van der Waals surface area contributed by atoms with Crippen LogP contribution >= 0.6 is 0 Å². The van der Waals surface area contributed by atoms with Crippen LogP contribution in [0.2, 0.25) is 0 Å². The SMILES string of the molecule is Cc1cc(CNCc2cn(C(C)(C)C)nn2)no1. The lowest BCUT2D eigenvalue weighted by Gasteiger charge is -2.17. The van der Waals surface area contributed by atoms with Gasteiger partial charge in [0.1, 0.15) is 5.76 Å². The number of hydrogen-bond acceptors (Lipinski definition) is 5. The van der Waals surface area contributed by atoms with Gasteiger partial charge in [0.25, 0.3) is 0 Å². The molecular formula is C12H19N5O. The molecule has 0 spiro atoms. The zero-order valence-corrected chi connectivity index (χ0v) is 11.3. The van der Waals surface area contributed by atoms with Crippen molar-refractivity contribution in [1.82, 2.24) is 25.5 Å². The Morgan fingerprint density at radius 3 is 2.56 bits per heavy atom. The number of nitrogens with one attached hydrogen (secondary N) is 1. The van der Waals surface area contributed by atoms with Crippen LogP contribution < -0.4 is 5.32 Å². The third-order valence-electron chi connectivity index (χ3n) is 2.52. The number of aryl methyl sites for hydroxylation is 1. The zero-order valence-electron chi connectivity index (χ0n) is 11.3. The Morgan fingerprint density at radius 2 is 2.00 bits per heavy atom.